The van der Waals surface area contributed by atoms with E-state index in [1.807, 2.05) is 11.3 Å². The molecule has 1 fully saturated rings. The Morgan fingerprint density at radius 2 is 2.00 bits per heavy atom. The summed E-state index contributed by atoms with van der Waals surface area (Å²) in [5.74, 6) is 0. The van der Waals surface area contributed by atoms with Crippen molar-refractivity contribution in [3.8, 4) is 0 Å². The van der Waals surface area contributed by atoms with Gasteiger partial charge in [0.2, 0.25) is 0 Å². The molecule has 2 aliphatic rings. The summed E-state index contributed by atoms with van der Waals surface area (Å²) in [7, 11) is 0. The van der Waals surface area contributed by atoms with Crippen LogP contribution in [0.5, 0.6) is 0 Å². The lowest BCUT2D eigenvalue weighted by Gasteiger charge is -2.23. The van der Waals surface area contributed by atoms with Gasteiger partial charge in [-0.25, -0.2) is 0 Å². The first-order valence-electron chi connectivity index (χ1n) is 5.22. The molecule has 0 bridgehead atoms. The number of nitrogens with one attached hydrogen (secondary N) is 1. The minimum absolute atomic E-state index is 0. The van der Waals surface area contributed by atoms with E-state index in [-0.39, 0.29) is 1.43 Å². The van der Waals surface area contributed by atoms with Gasteiger partial charge in [-0.15, -0.1) is 0 Å². The van der Waals surface area contributed by atoms with Crippen LogP contribution in [0, 0.1) is 0 Å². The molecule has 0 aliphatic heterocycles. The van der Waals surface area contributed by atoms with E-state index in [1.165, 1.54) is 32.1 Å². The monoisotopic (exact) mass is 195 g/mol. The van der Waals surface area contributed by atoms with Gasteiger partial charge >= 0.3 is 0 Å². The highest BCUT2D eigenvalue weighted by molar-refractivity contribution is 7.08. The second-order valence-corrected chi connectivity index (χ2v) is 5.05. The van der Waals surface area contributed by atoms with Crippen LogP contribution in [0.15, 0.2) is 10.8 Å². The van der Waals surface area contributed by atoms with E-state index in [0.29, 0.717) is 0 Å². The summed E-state index contributed by atoms with van der Waals surface area (Å²) in [5.41, 5.74) is 3.22. The van der Waals surface area contributed by atoms with E-state index in [4.69, 9.17) is 0 Å². The van der Waals surface area contributed by atoms with Gasteiger partial charge in [-0.05, 0) is 54.0 Å². The van der Waals surface area contributed by atoms with Crippen molar-refractivity contribution in [2.45, 2.75) is 44.2 Å². The van der Waals surface area contributed by atoms with Crippen molar-refractivity contribution in [3.63, 3.8) is 0 Å². The van der Waals surface area contributed by atoms with Crippen molar-refractivity contribution in [1.29, 1.82) is 0 Å². The summed E-state index contributed by atoms with van der Waals surface area (Å²) in [4.78, 5) is 0. The molecule has 2 aliphatic carbocycles. The van der Waals surface area contributed by atoms with Crippen molar-refractivity contribution in [1.82, 2.24) is 5.32 Å². The molecule has 1 nitrogen and oxygen atoms in total. The van der Waals surface area contributed by atoms with Gasteiger partial charge in [0.15, 0.2) is 0 Å². The van der Waals surface area contributed by atoms with E-state index in [1.54, 1.807) is 11.1 Å². The second-order valence-electron chi connectivity index (χ2n) is 4.30. The van der Waals surface area contributed by atoms with Crippen molar-refractivity contribution in [2.24, 2.45) is 0 Å². The van der Waals surface area contributed by atoms with Crippen molar-refractivity contribution >= 4 is 11.3 Å². The predicted octanol–water partition coefficient (Wildman–Crippen LogP) is 2.60. The number of aryl methyl sites for hydroxylation is 1. The van der Waals surface area contributed by atoms with Crippen LogP contribution in [0.1, 0.15) is 31.8 Å². The average Bonchev–Trinajstić information content (AvgIpc) is 2.83. The minimum Gasteiger partial charge on any atom is -0.311 e. The van der Waals surface area contributed by atoms with Gasteiger partial charge in [0.25, 0.3) is 0 Å². The molecule has 13 heavy (non-hydrogen) atoms. The van der Waals surface area contributed by atoms with Gasteiger partial charge in [-0.1, -0.05) is 0 Å². The number of hydrogen-bond acceptors (Lipinski definition) is 2. The zero-order valence-corrected chi connectivity index (χ0v) is 8.57. The number of fused-ring (bicyclic) bond motifs is 1. The Morgan fingerprint density at radius 3 is 2.85 bits per heavy atom. The summed E-state index contributed by atoms with van der Waals surface area (Å²) in [5, 5.41) is 8.38. The van der Waals surface area contributed by atoms with Crippen molar-refractivity contribution in [3.05, 3.63) is 21.9 Å². The lowest BCUT2D eigenvalue weighted by molar-refractivity contribution is 0.457. The highest BCUT2D eigenvalue weighted by Crippen LogP contribution is 2.27. The van der Waals surface area contributed by atoms with Crippen molar-refractivity contribution in [2.75, 3.05) is 0 Å². The van der Waals surface area contributed by atoms with Crippen LogP contribution >= 0.6 is 11.3 Å². The van der Waals surface area contributed by atoms with Gasteiger partial charge in [0, 0.05) is 13.5 Å². The molecule has 1 saturated carbocycles. The zero-order valence-electron chi connectivity index (χ0n) is 7.75. The number of hydrogen-bond donors (Lipinski definition) is 1. The Bertz CT molecular complexity index is 306. The molecule has 0 radical (unpaired) electrons. The van der Waals surface area contributed by atoms with E-state index in [2.05, 4.69) is 16.1 Å². The van der Waals surface area contributed by atoms with Crippen LogP contribution in [-0.4, -0.2) is 12.1 Å². The molecule has 72 valence electrons. The molecule has 0 saturated heterocycles. The third-order valence-corrected chi connectivity index (χ3v) is 3.95. The highest BCUT2D eigenvalue weighted by atomic mass is 32.1. The fraction of sp³-hybridized carbons (Fsp3) is 0.636. The first-order valence-corrected chi connectivity index (χ1v) is 6.16. The lowest BCUT2D eigenvalue weighted by Crippen LogP contribution is -2.35. The van der Waals surface area contributed by atoms with Crippen LogP contribution < -0.4 is 5.32 Å². The Hall–Kier alpha value is -0.340. The predicted molar refractivity (Wildman–Crippen MR) is 58.4 cm³/mol. The van der Waals surface area contributed by atoms with Gasteiger partial charge in [0.05, 0.1) is 0 Å². The summed E-state index contributed by atoms with van der Waals surface area (Å²) in [6.07, 6.45) is 6.73. The summed E-state index contributed by atoms with van der Waals surface area (Å²) in [6.45, 7) is 0. The maximum absolute atomic E-state index is 3.73. The molecule has 0 spiro atoms. The second kappa shape index (κ2) is 3.10. The van der Waals surface area contributed by atoms with E-state index >= 15 is 0 Å². The summed E-state index contributed by atoms with van der Waals surface area (Å²) < 4.78 is 0. The fourth-order valence-electron chi connectivity index (χ4n) is 2.17. The largest absolute Gasteiger partial charge is 0.311 e. The quantitative estimate of drug-likeness (QED) is 0.765. The Balaban J connectivity index is 0.000000750. The normalized spacial score (nSPS) is 27.2. The minimum atomic E-state index is 0. The molecule has 0 aromatic carbocycles. The van der Waals surface area contributed by atoms with E-state index < -0.39 is 0 Å². The molecule has 3 rings (SSSR count). The topological polar surface area (TPSA) is 12.0 Å². The molecule has 1 aromatic rings. The van der Waals surface area contributed by atoms with Gasteiger partial charge in [-0.2, -0.15) is 11.3 Å². The van der Waals surface area contributed by atoms with Gasteiger partial charge < -0.3 is 5.32 Å². The third kappa shape index (κ3) is 1.65. The van der Waals surface area contributed by atoms with Gasteiger partial charge in [0.1, 0.15) is 0 Å². The molecule has 1 atom stereocenters. The third-order valence-electron chi connectivity index (χ3n) is 3.11. The summed E-state index contributed by atoms with van der Waals surface area (Å²) in [6, 6.07) is 1.64. The Morgan fingerprint density at radius 1 is 1.15 bits per heavy atom. The van der Waals surface area contributed by atoms with E-state index in [9.17, 15) is 0 Å². The van der Waals surface area contributed by atoms with Crippen LogP contribution in [0.4, 0.5) is 0 Å². The first kappa shape index (κ1) is 8.01. The van der Waals surface area contributed by atoms with Crippen LogP contribution in [0.3, 0.4) is 0 Å². The maximum atomic E-state index is 3.73. The SMILES string of the molecule is [HH].c1scc2c1CCC(NC1CC1)C2. The molecular weight excluding hydrogens is 178 g/mol. The lowest BCUT2D eigenvalue weighted by atomic mass is 9.91. The Kier molecular flexibility index (Phi) is 1.91. The van der Waals surface area contributed by atoms with Crippen LogP contribution in [0.2, 0.25) is 0 Å². The molecule has 2 heteroatoms. The fourth-order valence-corrected chi connectivity index (χ4v) is 3.08. The molecule has 1 N–H and O–H groups in total. The smallest absolute Gasteiger partial charge is 0.0114 e. The number of rotatable bonds is 2. The Labute approximate surface area is 84.6 Å². The highest BCUT2D eigenvalue weighted by Gasteiger charge is 2.26. The van der Waals surface area contributed by atoms with E-state index in [0.717, 1.165) is 12.1 Å². The van der Waals surface area contributed by atoms with Crippen LogP contribution in [-0.2, 0) is 12.8 Å². The number of thiophene rings is 1. The average molecular weight is 195 g/mol. The standard InChI is InChI=1S/C11H15NS.H2/c1-2-11(12-10-3-4-10)5-9-7-13-6-8(1)9;/h6-7,10-12H,1-5H2;1H. The zero-order chi connectivity index (χ0) is 8.67. The molecule has 0 amide bonds. The van der Waals surface area contributed by atoms with Crippen LogP contribution in [0.25, 0.3) is 0 Å². The van der Waals surface area contributed by atoms with Gasteiger partial charge in [-0.3, -0.25) is 0 Å². The molecule has 1 aromatic heterocycles. The first-order chi connectivity index (χ1) is 6.42. The summed E-state index contributed by atoms with van der Waals surface area (Å²) >= 11 is 1.86. The molecular formula is C11H17NS. The molecule has 1 unspecified atom stereocenters. The van der Waals surface area contributed by atoms with Crippen molar-refractivity contribution < 1.29 is 1.43 Å². The molecule has 1 heterocycles. The maximum Gasteiger partial charge on any atom is 0.0114 e.